The van der Waals surface area contributed by atoms with Gasteiger partial charge in [-0.2, -0.15) is 0 Å². The van der Waals surface area contributed by atoms with Gasteiger partial charge in [0, 0.05) is 13.1 Å². The maximum absolute atomic E-state index is 12.1. The van der Waals surface area contributed by atoms with E-state index in [1.165, 1.54) is 0 Å². The highest BCUT2D eigenvalue weighted by Gasteiger charge is 2.31. The van der Waals surface area contributed by atoms with E-state index in [-0.39, 0.29) is 22.7 Å². The normalized spacial score (nSPS) is 21.9. The van der Waals surface area contributed by atoms with Crippen molar-refractivity contribution in [2.45, 2.75) is 26.2 Å². The summed E-state index contributed by atoms with van der Waals surface area (Å²) in [5, 5.41) is 0. The summed E-state index contributed by atoms with van der Waals surface area (Å²) >= 11 is 4.88. The Labute approximate surface area is 107 Å². The first-order valence-corrected chi connectivity index (χ1v) is 6.25. The quantitative estimate of drug-likeness (QED) is 0.695. The van der Waals surface area contributed by atoms with Crippen molar-refractivity contribution in [2.24, 2.45) is 23.3 Å². The Kier molecular flexibility index (Phi) is 4.86. The summed E-state index contributed by atoms with van der Waals surface area (Å²) in [5.41, 5.74) is 10.8. The van der Waals surface area contributed by atoms with Gasteiger partial charge in [0.05, 0.1) is 16.8 Å². The molecule has 4 N–H and O–H groups in total. The zero-order valence-corrected chi connectivity index (χ0v) is 10.8. The number of hydrogen-bond acceptors (Lipinski definition) is 3. The van der Waals surface area contributed by atoms with Crippen molar-refractivity contribution in [1.82, 2.24) is 4.90 Å². The smallest absolute Gasteiger partial charge is 0.232 e. The molecular formula is C11H19N3O2S. The molecule has 6 heteroatoms. The van der Waals surface area contributed by atoms with Crippen LogP contribution in [0.15, 0.2) is 0 Å². The van der Waals surface area contributed by atoms with Gasteiger partial charge in [-0.25, -0.2) is 0 Å². The first kappa shape index (κ1) is 13.9. The number of likely N-dealkylation sites (tertiary alicyclic amines) is 1. The van der Waals surface area contributed by atoms with Crippen molar-refractivity contribution in [1.29, 1.82) is 0 Å². The number of nitrogens with two attached hydrogens (primary N) is 2. The molecule has 96 valence electrons. The summed E-state index contributed by atoms with van der Waals surface area (Å²) in [7, 11) is 0. The first-order chi connectivity index (χ1) is 7.97. The summed E-state index contributed by atoms with van der Waals surface area (Å²) in [5.74, 6) is -1.08. The van der Waals surface area contributed by atoms with Crippen LogP contribution in [0.4, 0.5) is 0 Å². The zero-order valence-electron chi connectivity index (χ0n) is 10.0. The second kappa shape index (κ2) is 5.95. The molecule has 0 aromatic rings. The molecule has 2 atom stereocenters. The summed E-state index contributed by atoms with van der Waals surface area (Å²) < 4.78 is 0. The molecule has 1 fully saturated rings. The molecule has 1 heterocycles. The van der Waals surface area contributed by atoms with Crippen LogP contribution in [0.5, 0.6) is 0 Å². The SMILES string of the molecule is CCC(C(=O)N1CCCC(C(N)=O)C1)C(N)=S. The van der Waals surface area contributed by atoms with Gasteiger partial charge >= 0.3 is 0 Å². The van der Waals surface area contributed by atoms with E-state index >= 15 is 0 Å². The summed E-state index contributed by atoms with van der Waals surface area (Å²) in [6, 6.07) is 0. The van der Waals surface area contributed by atoms with Crippen LogP contribution >= 0.6 is 12.2 Å². The molecule has 1 rings (SSSR count). The van der Waals surface area contributed by atoms with Gasteiger partial charge in [0.1, 0.15) is 0 Å². The van der Waals surface area contributed by atoms with Crippen LogP contribution in [0.3, 0.4) is 0 Å². The molecule has 0 bridgehead atoms. The monoisotopic (exact) mass is 257 g/mol. The average molecular weight is 257 g/mol. The third-order valence-corrected chi connectivity index (χ3v) is 3.47. The lowest BCUT2D eigenvalue weighted by molar-refractivity contribution is -0.136. The van der Waals surface area contributed by atoms with Crippen LogP contribution in [-0.2, 0) is 9.59 Å². The van der Waals surface area contributed by atoms with Gasteiger partial charge < -0.3 is 16.4 Å². The fourth-order valence-corrected chi connectivity index (χ4v) is 2.39. The molecular weight excluding hydrogens is 238 g/mol. The van der Waals surface area contributed by atoms with Gasteiger partial charge in [0.15, 0.2) is 0 Å². The molecule has 2 unspecified atom stereocenters. The number of amides is 2. The van der Waals surface area contributed by atoms with Crippen molar-refractivity contribution < 1.29 is 9.59 Å². The van der Waals surface area contributed by atoms with Crippen molar-refractivity contribution in [3.63, 3.8) is 0 Å². The molecule has 1 aliphatic heterocycles. The van der Waals surface area contributed by atoms with Crippen LogP contribution in [0.1, 0.15) is 26.2 Å². The Morgan fingerprint density at radius 2 is 2.12 bits per heavy atom. The van der Waals surface area contributed by atoms with Gasteiger partial charge in [-0.05, 0) is 19.3 Å². The Hall–Kier alpha value is -1.17. The van der Waals surface area contributed by atoms with Crippen molar-refractivity contribution in [3.8, 4) is 0 Å². The Morgan fingerprint density at radius 1 is 1.47 bits per heavy atom. The Bertz CT molecular complexity index is 333. The lowest BCUT2D eigenvalue weighted by Gasteiger charge is -2.33. The third kappa shape index (κ3) is 3.39. The molecule has 0 aromatic carbocycles. The van der Waals surface area contributed by atoms with Crippen molar-refractivity contribution >= 4 is 29.0 Å². The van der Waals surface area contributed by atoms with E-state index in [0.29, 0.717) is 19.5 Å². The molecule has 5 nitrogen and oxygen atoms in total. The molecule has 0 spiro atoms. The molecule has 0 aromatic heterocycles. The van der Waals surface area contributed by atoms with E-state index in [4.69, 9.17) is 23.7 Å². The largest absolute Gasteiger partial charge is 0.393 e. The highest BCUT2D eigenvalue weighted by molar-refractivity contribution is 7.80. The minimum absolute atomic E-state index is 0.0778. The number of thiocarbonyl (C=S) groups is 1. The number of primary amides is 1. The Morgan fingerprint density at radius 3 is 2.59 bits per heavy atom. The first-order valence-electron chi connectivity index (χ1n) is 5.84. The van der Waals surface area contributed by atoms with Crippen molar-refractivity contribution in [2.75, 3.05) is 13.1 Å². The maximum atomic E-state index is 12.1. The van der Waals surface area contributed by atoms with E-state index in [1.54, 1.807) is 4.90 Å². The average Bonchev–Trinajstić information content (AvgIpc) is 2.29. The molecule has 0 saturated carbocycles. The topological polar surface area (TPSA) is 89.4 Å². The highest BCUT2D eigenvalue weighted by Crippen LogP contribution is 2.19. The Balaban J connectivity index is 2.68. The van der Waals surface area contributed by atoms with E-state index in [1.807, 2.05) is 6.92 Å². The highest BCUT2D eigenvalue weighted by atomic mass is 32.1. The lowest BCUT2D eigenvalue weighted by Crippen LogP contribution is -2.48. The molecule has 0 radical (unpaired) electrons. The third-order valence-electron chi connectivity index (χ3n) is 3.19. The fourth-order valence-electron chi connectivity index (χ4n) is 2.13. The van der Waals surface area contributed by atoms with E-state index < -0.39 is 5.92 Å². The molecule has 2 amide bonds. The van der Waals surface area contributed by atoms with Gasteiger partial charge in [-0.1, -0.05) is 19.1 Å². The van der Waals surface area contributed by atoms with E-state index in [0.717, 1.165) is 12.8 Å². The van der Waals surface area contributed by atoms with Crippen molar-refractivity contribution in [3.05, 3.63) is 0 Å². The molecule has 17 heavy (non-hydrogen) atoms. The fraction of sp³-hybridized carbons (Fsp3) is 0.727. The van der Waals surface area contributed by atoms with Gasteiger partial charge in [-0.3, -0.25) is 9.59 Å². The van der Waals surface area contributed by atoms with E-state index in [9.17, 15) is 9.59 Å². The zero-order chi connectivity index (χ0) is 13.0. The summed E-state index contributed by atoms with van der Waals surface area (Å²) in [4.78, 5) is 25.2. The van der Waals surface area contributed by atoms with Gasteiger partial charge in [0.25, 0.3) is 0 Å². The minimum atomic E-state index is -0.420. The number of hydrogen-bond donors (Lipinski definition) is 2. The summed E-state index contributed by atoms with van der Waals surface area (Å²) in [6.45, 7) is 2.92. The van der Waals surface area contributed by atoms with E-state index in [2.05, 4.69) is 0 Å². The van der Waals surface area contributed by atoms with Crippen LogP contribution in [0.25, 0.3) is 0 Å². The van der Waals surface area contributed by atoms with Gasteiger partial charge in [-0.15, -0.1) is 0 Å². The minimum Gasteiger partial charge on any atom is -0.393 e. The second-order valence-corrected chi connectivity index (χ2v) is 4.86. The predicted molar refractivity (Wildman–Crippen MR) is 69.1 cm³/mol. The summed E-state index contributed by atoms with van der Waals surface area (Å²) in [6.07, 6.45) is 2.14. The standard InChI is InChI=1S/C11H19N3O2S/c1-2-8(10(13)17)11(16)14-5-3-4-7(6-14)9(12)15/h7-8H,2-6H2,1H3,(H2,12,15)(H2,13,17). The number of rotatable bonds is 4. The molecule has 1 aliphatic rings. The molecule has 1 saturated heterocycles. The number of carbonyl (C=O) groups excluding carboxylic acids is 2. The number of nitrogens with zero attached hydrogens (tertiary/aromatic N) is 1. The number of piperidine rings is 1. The van der Waals surface area contributed by atoms with Crippen LogP contribution in [-0.4, -0.2) is 34.8 Å². The van der Waals surface area contributed by atoms with Crippen LogP contribution < -0.4 is 11.5 Å². The molecule has 0 aliphatic carbocycles. The predicted octanol–water partition coefficient (Wildman–Crippen LogP) is 0.0226. The maximum Gasteiger partial charge on any atom is 0.232 e. The van der Waals surface area contributed by atoms with Crippen LogP contribution in [0, 0.1) is 11.8 Å². The second-order valence-electron chi connectivity index (χ2n) is 4.39. The lowest BCUT2D eigenvalue weighted by atomic mass is 9.95. The number of carbonyl (C=O) groups is 2. The van der Waals surface area contributed by atoms with Gasteiger partial charge in [0.2, 0.25) is 11.8 Å². The van der Waals surface area contributed by atoms with Crippen LogP contribution in [0.2, 0.25) is 0 Å².